The third kappa shape index (κ3) is 20.8. The fraction of sp³-hybridized carbons (Fsp3) is 0.431. The van der Waals surface area contributed by atoms with Crippen molar-refractivity contribution >= 4 is 87.6 Å². The van der Waals surface area contributed by atoms with E-state index in [-0.39, 0.29) is 73.1 Å². The maximum absolute atomic E-state index is 14.8. The number of primary amides is 1. The van der Waals surface area contributed by atoms with Crippen LogP contribution in [0, 0.1) is 0 Å². The SMILES string of the molecule is CC(=O)NCSC[C@H](NC(=O)[C@H](N)Cc1ccccc1)C(=O)N[C@@H](Cc1ccc(O)cc1)C(=O)N[C@H](Cc1c[nH]c2ccccc12)C(=O)N[C@@H](CCCCN)C(=O)N[C@@H](CSCNC(C)=O)C(=O)N[C@H](C(N)=O)[C@@H](C)O. The molecule has 76 heavy (non-hydrogen) atoms. The van der Waals surface area contributed by atoms with Crippen molar-refractivity contribution in [3.05, 3.63) is 102 Å². The van der Waals surface area contributed by atoms with Gasteiger partial charge in [-0.1, -0.05) is 60.7 Å². The highest BCUT2D eigenvalue weighted by Crippen LogP contribution is 2.20. The van der Waals surface area contributed by atoms with E-state index in [0.29, 0.717) is 24.0 Å². The van der Waals surface area contributed by atoms with Crippen LogP contribution in [0.1, 0.15) is 56.7 Å². The van der Waals surface area contributed by atoms with Crippen molar-refractivity contribution in [2.45, 2.75) is 108 Å². The molecule has 0 saturated carbocycles. The number of carbonyl (C=O) groups excluding carboxylic acids is 9. The molecular formula is C51H70N12O11S2. The fourth-order valence-electron chi connectivity index (χ4n) is 7.61. The highest BCUT2D eigenvalue weighted by Gasteiger charge is 2.35. The Kier molecular flexibility index (Phi) is 25.5. The van der Waals surface area contributed by atoms with E-state index in [4.69, 9.17) is 17.2 Å². The third-order valence-corrected chi connectivity index (χ3v) is 13.6. The van der Waals surface area contributed by atoms with Gasteiger partial charge in [-0.15, -0.1) is 23.5 Å². The fourth-order valence-corrected chi connectivity index (χ4v) is 9.39. The third-order valence-electron chi connectivity index (χ3n) is 11.7. The number of nitrogens with two attached hydrogens (primary N) is 3. The largest absolute Gasteiger partial charge is 0.508 e. The molecule has 0 unspecified atom stereocenters. The molecule has 0 bridgehead atoms. The zero-order chi connectivity index (χ0) is 55.7. The van der Waals surface area contributed by atoms with Crippen molar-refractivity contribution in [1.29, 1.82) is 0 Å². The summed E-state index contributed by atoms with van der Waals surface area (Å²) in [5.41, 5.74) is 20.1. The van der Waals surface area contributed by atoms with E-state index in [1.807, 2.05) is 24.3 Å². The standard InChI is InChI=1S/C51H70N12O11S2/c1-29(64)44(45(54)68)63-51(74)43(26-76-28-57-31(3)66)62-47(70)39(15-9-10-20-52)58-49(72)41(23-34-24-55-38-14-8-7-13-36(34)38)60-48(71)40(22-33-16-18-35(67)19-17-33)59-50(73)42(25-75-27-56-30(2)65)61-46(69)37(53)21-32-11-5-4-6-12-32/h4-8,11-14,16-19,24,29,37,39-44,55,64,67H,9-10,15,20-23,25-28,52-53H2,1-3H3,(H2,54,68)(H,56,65)(H,57,66)(H,58,72)(H,59,73)(H,60,71)(H,61,69)(H,62,70)(H,63,74)/t29-,37-,39+,40+,41-,42+,43+,44+/m1/s1. The number of para-hydroxylation sites is 1. The molecule has 1 aromatic heterocycles. The summed E-state index contributed by atoms with van der Waals surface area (Å²) >= 11 is 2.18. The number of aromatic nitrogens is 1. The number of nitrogens with one attached hydrogen (secondary N) is 9. The summed E-state index contributed by atoms with van der Waals surface area (Å²) in [6.45, 7) is 4.10. The van der Waals surface area contributed by atoms with Crippen LogP contribution in [0.3, 0.4) is 0 Å². The molecule has 23 nitrogen and oxygen atoms in total. The molecule has 412 valence electrons. The van der Waals surface area contributed by atoms with Crippen LogP contribution in [-0.2, 0) is 62.4 Å². The lowest BCUT2D eigenvalue weighted by Gasteiger charge is -2.28. The van der Waals surface area contributed by atoms with E-state index >= 15 is 0 Å². The number of benzene rings is 3. The minimum atomic E-state index is -1.52. The second-order valence-corrected chi connectivity index (χ2v) is 20.0. The molecule has 8 atom stereocenters. The highest BCUT2D eigenvalue weighted by atomic mass is 32.2. The molecule has 17 N–H and O–H groups in total. The van der Waals surface area contributed by atoms with Crippen molar-refractivity contribution in [3.63, 3.8) is 0 Å². The zero-order valence-corrected chi connectivity index (χ0v) is 44.2. The highest BCUT2D eigenvalue weighted by molar-refractivity contribution is 7.99. The Morgan fingerprint density at radius 3 is 1.64 bits per heavy atom. The maximum atomic E-state index is 14.8. The Balaban J connectivity index is 1.69. The quantitative estimate of drug-likeness (QED) is 0.0202. The summed E-state index contributed by atoms with van der Waals surface area (Å²) in [6.07, 6.45) is 0.870. The number of carbonyl (C=O) groups is 9. The average Bonchev–Trinajstić information content (AvgIpc) is 3.79. The van der Waals surface area contributed by atoms with E-state index in [9.17, 15) is 53.4 Å². The van der Waals surface area contributed by atoms with Gasteiger partial charge >= 0.3 is 0 Å². The van der Waals surface area contributed by atoms with E-state index in [1.54, 1.807) is 36.5 Å². The molecule has 0 radical (unpaired) electrons. The number of hydrogen-bond acceptors (Lipinski definition) is 15. The lowest BCUT2D eigenvalue weighted by molar-refractivity contribution is -0.135. The Morgan fingerprint density at radius 2 is 1.08 bits per heavy atom. The summed E-state index contributed by atoms with van der Waals surface area (Å²) in [5.74, 6) is -6.72. The number of phenolic OH excluding ortho intramolecular Hbond substituents is 1. The number of aromatic amines is 1. The molecule has 9 amide bonds. The molecule has 4 aromatic rings. The Hall–Kier alpha value is -7.19. The number of unbranched alkanes of at least 4 members (excludes halogenated alkanes) is 1. The minimum Gasteiger partial charge on any atom is -0.508 e. The number of aliphatic hydroxyl groups is 1. The molecular weight excluding hydrogens is 1020 g/mol. The number of amides is 9. The zero-order valence-electron chi connectivity index (χ0n) is 42.6. The lowest BCUT2D eigenvalue weighted by Crippen LogP contribution is -2.61. The molecule has 1 heterocycles. The molecule has 0 aliphatic rings. The summed E-state index contributed by atoms with van der Waals surface area (Å²) in [4.78, 5) is 124. The predicted molar refractivity (Wildman–Crippen MR) is 290 cm³/mol. The molecule has 4 rings (SSSR count). The van der Waals surface area contributed by atoms with Crippen LogP contribution in [0.25, 0.3) is 10.9 Å². The first-order chi connectivity index (χ1) is 36.3. The lowest BCUT2D eigenvalue weighted by atomic mass is 10.0. The Morgan fingerprint density at radius 1 is 0.592 bits per heavy atom. The van der Waals surface area contributed by atoms with Gasteiger partial charge in [0.1, 0.15) is 42.0 Å². The van der Waals surface area contributed by atoms with Crippen molar-refractivity contribution in [2.75, 3.05) is 29.8 Å². The van der Waals surface area contributed by atoms with E-state index in [1.165, 1.54) is 45.0 Å². The summed E-state index contributed by atoms with van der Waals surface area (Å²) in [6, 6.07) is 12.6. The molecule has 0 fully saturated rings. The van der Waals surface area contributed by atoms with Crippen LogP contribution in [0.5, 0.6) is 5.75 Å². The number of phenols is 1. The number of H-pyrrole nitrogens is 1. The number of rotatable bonds is 32. The number of fused-ring (bicyclic) bond motifs is 1. The molecule has 0 spiro atoms. The number of aliphatic hydroxyl groups excluding tert-OH is 1. The van der Waals surface area contributed by atoms with Crippen molar-refractivity contribution < 1.29 is 53.4 Å². The first-order valence-corrected chi connectivity index (χ1v) is 26.8. The van der Waals surface area contributed by atoms with E-state index < -0.39 is 89.7 Å². The topological polar surface area (TPSA) is 384 Å². The van der Waals surface area contributed by atoms with Crippen LogP contribution in [0.4, 0.5) is 0 Å². The molecule has 0 aliphatic carbocycles. The normalized spacial score (nSPS) is 14.2. The Bertz CT molecular complexity index is 2590. The number of hydrogen-bond donors (Lipinski definition) is 14. The van der Waals surface area contributed by atoms with Gasteiger partial charge in [0, 0.05) is 55.3 Å². The second-order valence-electron chi connectivity index (χ2n) is 17.9. The average molecular weight is 1090 g/mol. The Labute approximate surface area is 448 Å². The van der Waals surface area contributed by atoms with Crippen LogP contribution < -0.4 is 59.7 Å². The summed E-state index contributed by atoms with van der Waals surface area (Å²) in [7, 11) is 0. The van der Waals surface area contributed by atoms with E-state index in [0.717, 1.165) is 40.0 Å². The van der Waals surface area contributed by atoms with Crippen molar-refractivity contribution in [2.24, 2.45) is 17.2 Å². The molecule has 3 aromatic carbocycles. The summed E-state index contributed by atoms with van der Waals surface area (Å²) < 4.78 is 0. The number of aromatic hydroxyl groups is 1. The van der Waals surface area contributed by atoms with Gasteiger partial charge < -0.3 is 74.9 Å². The summed E-state index contributed by atoms with van der Waals surface area (Å²) in [5, 5.41) is 42.1. The molecule has 0 saturated heterocycles. The predicted octanol–water partition coefficient (Wildman–Crippen LogP) is -1.21. The van der Waals surface area contributed by atoms with Gasteiger partial charge in [0.2, 0.25) is 53.2 Å². The van der Waals surface area contributed by atoms with Gasteiger partial charge in [-0.05, 0) is 74.0 Å². The van der Waals surface area contributed by atoms with Gasteiger partial charge in [-0.25, -0.2) is 0 Å². The van der Waals surface area contributed by atoms with E-state index in [2.05, 4.69) is 47.5 Å². The van der Waals surface area contributed by atoms with Gasteiger partial charge in [-0.2, -0.15) is 0 Å². The molecule has 25 heteroatoms. The van der Waals surface area contributed by atoms with Crippen LogP contribution in [0.15, 0.2) is 85.1 Å². The van der Waals surface area contributed by atoms with Crippen molar-refractivity contribution in [1.82, 2.24) is 47.5 Å². The van der Waals surface area contributed by atoms with Crippen molar-refractivity contribution in [3.8, 4) is 5.75 Å². The van der Waals surface area contributed by atoms with Gasteiger partial charge in [0.05, 0.1) is 23.9 Å². The first kappa shape index (κ1) is 61.4. The second kappa shape index (κ2) is 31.6. The van der Waals surface area contributed by atoms with Crippen LogP contribution >= 0.6 is 23.5 Å². The monoisotopic (exact) mass is 1090 g/mol. The number of thioether (sulfide) groups is 2. The van der Waals surface area contributed by atoms with Gasteiger partial charge in [-0.3, -0.25) is 43.2 Å². The smallest absolute Gasteiger partial charge is 0.244 e. The van der Waals surface area contributed by atoms with Crippen LogP contribution in [-0.4, -0.2) is 147 Å². The van der Waals surface area contributed by atoms with Crippen LogP contribution in [0.2, 0.25) is 0 Å². The minimum absolute atomic E-state index is 0.00901. The maximum Gasteiger partial charge on any atom is 0.244 e. The first-order valence-electron chi connectivity index (χ1n) is 24.5. The van der Waals surface area contributed by atoms with Gasteiger partial charge in [0.25, 0.3) is 0 Å². The van der Waals surface area contributed by atoms with Gasteiger partial charge in [0.15, 0.2) is 0 Å². The molecule has 0 aliphatic heterocycles.